The minimum atomic E-state index is -0.455. The lowest BCUT2D eigenvalue weighted by Gasteiger charge is -2.38. The molecule has 2 fully saturated rings. The van der Waals surface area contributed by atoms with Crippen molar-refractivity contribution < 1.29 is 9.13 Å². The van der Waals surface area contributed by atoms with Crippen LogP contribution in [0.2, 0.25) is 0 Å². The van der Waals surface area contributed by atoms with Gasteiger partial charge in [0.15, 0.2) is 11.6 Å². The molecule has 1 aromatic heterocycles. The van der Waals surface area contributed by atoms with Gasteiger partial charge in [-0.15, -0.1) is 0 Å². The molecular weight excluding hydrogens is 421 g/mol. The van der Waals surface area contributed by atoms with Gasteiger partial charge in [0.2, 0.25) is 17.8 Å². The minimum Gasteiger partial charge on any atom is -0.494 e. The molecule has 2 aromatic rings. The van der Waals surface area contributed by atoms with Crippen LogP contribution in [0.15, 0.2) is 18.2 Å². The second kappa shape index (κ2) is 11.0. The largest absolute Gasteiger partial charge is 0.494 e. The summed E-state index contributed by atoms with van der Waals surface area (Å²) in [5, 5.41) is 6.59. The lowest BCUT2D eigenvalue weighted by Crippen LogP contribution is -2.45. The van der Waals surface area contributed by atoms with Crippen LogP contribution in [-0.4, -0.2) is 47.7 Å². The monoisotopic (exact) mass is 457 g/mol. The maximum atomic E-state index is 14.2. The number of nitrogens with zero attached hydrogens (tertiary/aromatic N) is 4. The number of methoxy groups -OCH3 is 1. The maximum absolute atomic E-state index is 14.2. The van der Waals surface area contributed by atoms with E-state index in [1.165, 1.54) is 45.3 Å². The van der Waals surface area contributed by atoms with E-state index in [1.807, 2.05) is 0 Å². The normalized spacial score (nSPS) is 19.9. The molecular formula is C24H36FN7O. The molecule has 0 amide bonds. The summed E-state index contributed by atoms with van der Waals surface area (Å²) in [4.78, 5) is 15.9. The highest BCUT2D eigenvalue weighted by Gasteiger charge is 2.32. The second-order valence-electron chi connectivity index (χ2n) is 9.18. The van der Waals surface area contributed by atoms with Gasteiger partial charge < -0.3 is 26.0 Å². The van der Waals surface area contributed by atoms with Crippen LogP contribution in [0, 0.1) is 17.7 Å². The highest BCUT2D eigenvalue weighted by atomic mass is 19.1. The second-order valence-corrected chi connectivity index (χ2v) is 9.18. The van der Waals surface area contributed by atoms with E-state index in [1.54, 1.807) is 12.1 Å². The van der Waals surface area contributed by atoms with Gasteiger partial charge in [0.05, 0.1) is 7.11 Å². The Morgan fingerprint density at radius 1 is 1.21 bits per heavy atom. The first-order valence-corrected chi connectivity index (χ1v) is 12.2. The SMILES string of the molecule is CCC(C1CCNC1)N(CC1CCCCC1)c1nc(N)nc(Nc2ccc(OC)c(F)c2)n1. The number of nitrogens with two attached hydrogens (primary N) is 1. The Bertz CT molecular complexity index is 916. The zero-order valence-electron chi connectivity index (χ0n) is 19.7. The van der Waals surface area contributed by atoms with Crippen LogP contribution in [0.1, 0.15) is 51.9 Å². The van der Waals surface area contributed by atoms with Gasteiger partial charge in [-0.2, -0.15) is 15.0 Å². The average Bonchev–Trinajstić information content (AvgIpc) is 3.34. The van der Waals surface area contributed by atoms with Crippen LogP contribution < -0.4 is 26.0 Å². The number of nitrogen functional groups attached to an aromatic ring is 1. The number of rotatable bonds is 9. The number of aromatic nitrogens is 3. The number of benzene rings is 1. The third kappa shape index (κ3) is 5.82. The molecule has 2 atom stereocenters. The number of nitrogens with one attached hydrogen (secondary N) is 2. The van der Waals surface area contributed by atoms with Crippen LogP contribution in [-0.2, 0) is 0 Å². The molecule has 4 N–H and O–H groups in total. The molecule has 1 saturated carbocycles. The molecule has 0 radical (unpaired) electrons. The fourth-order valence-corrected chi connectivity index (χ4v) is 5.27. The van der Waals surface area contributed by atoms with E-state index in [0.29, 0.717) is 35.5 Å². The van der Waals surface area contributed by atoms with E-state index in [4.69, 9.17) is 15.5 Å². The molecule has 1 aliphatic carbocycles. The summed E-state index contributed by atoms with van der Waals surface area (Å²) in [6.07, 6.45) is 8.54. The van der Waals surface area contributed by atoms with Crippen LogP contribution in [0.25, 0.3) is 0 Å². The minimum absolute atomic E-state index is 0.157. The van der Waals surface area contributed by atoms with Crippen molar-refractivity contribution in [2.24, 2.45) is 11.8 Å². The first kappa shape index (κ1) is 23.5. The van der Waals surface area contributed by atoms with Crippen molar-refractivity contribution in [3.05, 3.63) is 24.0 Å². The summed E-state index contributed by atoms with van der Waals surface area (Å²) < 4.78 is 19.2. The lowest BCUT2D eigenvalue weighted by molar-refractivity contribution is 0.324. The molecule has 8 nitrogen and oxygen atoms in total. The fraction of sp³-hybridized carbons (Fsp3) is 0.625. The van der Waals surface area contributed by atoms with Gasteiger partial charge in [-0.25, -0.2) is 4.39 Å². The summed E-state index contributed by atoms with van der Waals surface area (Å²) in [5.41, 5.74) is 6.64. The zero-order valence-corrected chi connectivity index (χ0v) is 19.7. The molecule has 1 saturated heterocycles. The molecule has 2 unspecified atom stereocenters. The Morgan fingerprint density at radius 3 is 2.70 bits per heavy atom. The van der Waals surface area contributed by atoms with Gasteiger partial charge in [-0.1, -0.05) is 26.2 Å². The van der Waals surface area contributed by atoms with Crippen molar-refractivity contribution in [3.8, 4) is 5.75 Å². The number of anilines is 4. The molecule has 2 aliphatic rings. The molecule has 9 heteroatoms. The van der Waals surface area contributed by atoms with Crippen LogP contribution in [0.3, 0.4) is 0 Å². The number of hydrogen-bond donors (Lipinski definition) is 3. The predicted molar refractivity (Wildman–Crippen MR) is 129 cm³/mol. The Hall–Kier alpha value is -2.68. The van der Waals surface area contributed by atoms with Gasteiger partial charge >= 0.3 is 0 Å². The van der Waals surface area contributed by atoms with Crippen molar-refractivity contribution in [1.82, 2.24) is 20.3 Å². The quantitative estimate of drug-likeness (QED) is 0.517. The number of ether oxygens (including phenoxy) is 1. The van der Waals surface area contributed by atoms with Crippen LogP contribution in [0.5, 0.6) is 5.75 Å². The highest BCUT2D eigenvalue weighted by molar-refractivity contribution is 5.57. The third-order valence-electron chi connectivity index (χ3n) is 6.95. The van der Waals surface area contributed by atoms with Crippen molar-refractivity contribution >= 4 is 23.5 Å². The van der Waals surface area contributed by atoms with Crippen LogP contribution in [0.4, 0.5) is 27.9 Å². The van der Waals surface area contributed by atoms with Gasteiger partial charge in [0.25, 0.3) is 0 Å². The van der Waals surface area contributed by atoms with E-state index in [2.05, 4.69) is 32.4 Å². The van der Waals surface area contributed by atoms with Crippen molar-refractivity contribution in [3.63, 3.8) is 0 Å². The Kier molecular flexibility index (Phi) is 7.80. The first-order chi connectivity index (χ1) is 16.1. The predicted octanol–water partition coefficient (Wildman–Crippen LogP) is 4.12. The van der Waals surface area contributed by atoms with Gasteiger partial charge in [0.1, 0.15) is 0 Å². The van der Waals surface area contributed by atoms with E-state index < -0.39 is 5.82 Å². The van der Waals surface area contributed by atoms with E-state index in [9.17, 15) is 4.39 Å². The molecule has 0 spiro atoms. The summed E-state index contributed by atoms with van der Waals surface area (Å²) in [6.45, 7) is 5.22. The average molecular weight is 458 g/mol. The molecule has 1 aromatic carbocycles. The summed E-state index contributed by atoms with van der Waals surface area (Å²) in [5.74, 6) is 1.98. The summed E-state index contributed by atoms with van der Waals surface area (Å²) in [6, 6.07) is 4.98. The third-order valence-corrected chi connectivity index (χ3v) is 6.95. The van der Waals surface area contributed by atoms with Crippen LogP contribution >= 0.6 is 0 Å². The van der Waals surface area contributed by atoms with Crippen molar-refractivity contribution in [2.45, 2.75) is 57.9 Å². The molecule has 180 valence electrons. The van der Waals surface area contributed by atoms with E-state index >= 15 is 0 Å². The molecule has 1 aliphatic heterocycles. The standard InChI is InChI=1S/C24H36FN7O/c1-3-20(17-11-12-27-14-17)32(15-16-7-5-4-6-8-16)24-30-22(26)29-23(31-24)28-18-9-10-21(33-2)19(25)13-18/h9-10,13,16-17,20,27H,3-8,11-12,14-15H2,1-2H3,(H3,26,28,29,30,31). The fourth-order valence-electron chi connectivity index (χ4n) is 5.27. The topological polar surface area (TPSA) is 101 Å². The van der Waals surface area contributed by atoms with Crippen molar-refractivity contribution in [2.75, 3.05) is 42.7 Å². The first-order valence-electron chi connectivity index (χ1n) is 12.2. The Morgan fingerprint density at radius 2 is 2.03 bits per heavy atom. The lowest BCUT2D eigenvalue weighted by atomic mass is 9.87. The number of hydrogen-bond acceptors (Lipinski definition) is 8. The van der Waals surface area contributed by atoms with Gasteiger partial charge in [-0.05, 0) is 62.7 Å². The van der Waals surface area contributed by atoms with E-state index in [0.717, 1.165) is 32.5 Å². The molecule has 4 rings (SSSR count). The maximum Gasteiger partial charge on any atom is 0.233 e. The Labute approximate surface area is 195 Å². The number of halogens is 1. The molecule has 0 bridgehead atoms. The highest BCUT2D eigenvalue weighted by Crippen LogP contribution is 2.31. The van der Waals surface area contributed by atoms with E-state index in [-0.39, 0.29) is 11.7 Å². The van der Waals surface area contributed by atoms with Crippen molar-refractivity contribution in [1.29, 1.82) is 0 Å². The zero-order chi connectivity index (χ0) is 23.2. The molecule has 2 heterocycles. The smallest absolute Gasteiger partial charge is 0.233 e. The van der Waals surface area contributed by atoms with Gasteiger partial charge in [-0.3, -0.25) is 0 Å². The Balaban J connectivity index is 1.62. The summed E-state index contributed by atoms with van der Waals surface area (Å²) >= 11 is 0. The molecule has 33 heavy (non-hydrogen) atoms. The summed E-state index contributed by atoms with van der Waals surface area (Å²) in [7, 11) is 1.44. The van der Waals surface area contributed by atoms with Gasteiger partial charge in [0, 0.05) is 24.3 Å².